The Labute approximate surface area is 128 Å². The number of hydrogen-bond donors (Lipinski definition) is 1. The second kappa shape index (κ2) is 6.01. The molecule has 1 aliphatic rings. The van der Waals surface area contributed by atoms with E-state index < -0.39 is 0 Å². The van der Waals surface area contributed by atoms with Crippen LogP contribution in [0.25, 0.3) is 0 Å². The molecule has 0 spiro atoms. The van der Waals surface area contributed by atoms with Crippen LogP contribution in [0, 0.1) is 5.82 Å². The summed E-state index contributed by atoms with van der Waals surface area (Å²) >= 11 is 0. The summed E-state index contributed by atoms with van der Waals surface area (Å²) in [5.74, 6) is 0.462. The van der Waals surface area contributed by atoms with Crippen LogP contribution in [0.3, 0.4) is 0 Å². The fraction of sp³-hybridized carbons (Fsp3) is 0.250. The number of pyridine rings is 1. The third-order valence-electron chi connectivity index (χ3n) is 3.75. The van der Waals surface area contributed by atoms with E-state index in [9.17, 15) is 9.18 Å². The number of nitrogens with zero attached hydrogens (tertiary/aromatic N) is 3. The highest BCUT2D eigenvalue weighted by Crippen LogP contribution is 2.16. The summed E-state index contributed by atoms with van der Waals surface area (Å²) in [6.07, 6.45) is 1.63. The number of amides is 1. The van der Waals surface area contributed by atoms with Crippen LogP contribution in [0.4, 0.5) is 15.9 Å². The van der Waals surface area contributed by atoms with Gasteiger partial charge in [-0.2, -0.15) is 0 Å². The number of aromatic nitrogens is 1. The Morgan fingerprint density at radius 3 is 2.32 bits per heavy atom. The van der Waals surface area contributed by atoms with Gasteiger partial charge in [-0.25, -0.2) is 9.37 Å². The molecule has 22 heavy (non-hydrogen) atoms. The molecule has 2 heterocycles. The Morgan fingerprint density at radius 2 is 1.73 bits per heavy atom. The molecule has 0 radical (unpaired) electrons. The van der Waals surface area contributed by atoms with E-state index in [1.54, 1.807) is 11.1 Å². The van der Waals surface area contributed by atoms with Crippen molar-refractivity contribution in [3.05, 3.63) is 54.0 Å². The van der Waals surface area contributed by atoms with Gasteiger partial charge in [-0.1, -0.05) is 0 Å². The first-order valence-corrected chi connectivity index (χ1v) is 7.15. The molecule has 1 aliphatic heterocycles. The van der Waals surface area contributed by atoms with Crippen molar-refractivity contribution >= 4 is 17.4 Å². The Hall–Kier alpha value is -2.63. The first-order chi connectivity index (χ1) is 10.6. The highest BCUT2D eigenvalue weighted by Gasteiger charge is 2.22. The van der Waals surface area contributed by atoms with Crippen molar-refractivity contribution in [3.8, 4) is 0 Å². The molecule has 1 aromatic carbocycles. The first kappa shape index (κ1) is 14.3. The Bertz CT molecular complexity index is 649. The van der Waals surface area contributed by atoms with Crippen LogP contribution in [0.5, 0.6) is 0 Å². The molecular weight excluding hydrogens is 283 g/mol. The molecule has 0 aliphatic carbocycles. The van der Waals surface area contributed by atoms with E-state index in [2.05, 4.69) is 9.88 Å². The van der Waals surface area contributed by atoms with Crippen molar-refractivity contribution < 1.29 is 9.18 Å². The van der Waals surface area contributed by atoms with E-state index >= 15 is 0 Å². The summed E-state index contributed by atoms with van der Waals surface area (Å²) in [6.45, 7) is 2.65. The lowest BCUT2D eigenvalue weighted by molar-refractivity contribution is 0.0746. The van der Waals surface area contributed by atoms with Gasteiger partial charge in [0.25, 0.3) is 5.91 Å². The Morgan fingerprint density at radius 1 is 1.05 bits per heavy atom. The number of piperazine rings is 1. The van der Waals surface area contributed by atoms with Crippen molar-refractivity contribution in [2.75, 3.05) is 36.8 Å². The molecule has 0 unspecified atom stereocenters. The van der Waals surface area contributed by atoms with E-state index in [-0.39, 0.29) is 11.7 Å². The number of nitrogen functional groups attached to an aromatic ring is 1. The molecule has 1 aromatic heterocycles. The Kier molecular flexibility index (Phi) is 3.91. The van der Waals surface area contributed by atoms with Crippen molar-refractivity contribution in [2.45, 2.75) is 0 Å². The van der Waals surface area contributed by atoms with Gasteiger partial charge < -0.3 is 15.5 Å². The molecule has 2 N–H and O–H groups in total. The molecule has 2 aromatic rings. The molecule has 1 fully saturated rings. The van der Waals surface area contributed by atoms with Gasteiger partial charge in [0.2, 0.25) is 0 Å². The van der Waals surface area contributed by atoms with Crippen molar-refractivity contribution in [1.29, 1.82) is 0 Å². The standard InChI is InChI=1S/C16H17FN4O/c17-13-3-1-12(2-4-13)16(22)21-9-7-20(8-10-21)15-6-5-14(18)11-19-15/h1-6,11H,7-10,18H2. The summed E-state index contributed by atoms with van der Waals surface area (Å²) < 4.78 is 12.9. The van der Waals surface area contributed by atoms with Gasteiger partial charge in [0.15, 0.2) is 0 Å². The van der Waals surface area contributed by atoms with Crippen molar-refractivity contribution in [2.24, 2.45) is 0 Å². The van der Waals surface area contributed by atoms with Gasteiger partial charge in [-0.15, -0.1) is 0 Å². The number of carbonyl (C=O) groups is 1. The zero-order valence-corrected chi connectivity index (χ0v) is 12.1. The van der Waals surface area contributed by atoms with Crippen LogP contribution < -0.4 is 10.6 Å². The fourth-order valence-electron chi connectivity index (χ4n) is 2.50. The number of rotatable bonds is 2. The largest absolute Gasteiger partial charge is 0.397 e. The number of carbonyl (C=O) groups excluding carboxylic acids is 1. The van der Waals surface area contributed by atoms with Gasteiger partial charge in [0.05, 0.1) is 11.9 Å². The zero-order chi connectivity index (χ0) is 15.5. The van der Waals surface area contributed by atoms with E-state index in [1.165, 1.54) is 24.3 Å². The van der Waals surface area contributed by atoms with Crippen LogP contribution in [-0.4, -0.2) is 42.0 Å². The lowest BCUT2D eigenvalue weighted by atomic mass is 10.2. The molecule has 3 rings (SSSR count). The van der Waals surface area contributed by atoms with Crippen LogP contribution in [-0.2, 0) is 0 Å². The number of hydrogen-bond acceptors (Lipinski definition) is 4. The first-order valence-electron chi connectivity index (χ1n) is 7.15. The van der Waals surface area contributed by atoms with Gasteiger partial charge >= 0.3 is 0 Å². The summed E-state index contributed by atoms with van der Waals surface area (Å²) in [7, 11) is 0. The van der Waals surface area contributed by atoms with Gasteiger partial charge in [-0.05, 0) is 36.4 Å². The Balaban J connectivity index is 1.62. The lowest BCUT2D eigenvalue weighted by Crippen LogP contribution is -2.49. The summed E-state index contributed by atoms with van der Waals surface area (Å²) in [5.41, 5.74) is 6.78. The minimum atomic E-state index is -0.337. The summed E-state index contributed by atoms with van der Waals surface area (Å²) in [5, 5.41) is 0. The van der Waals surface area contributed by atoms with Crippen molar-refractivity contribution in [3.63, 3.8) is 0 Å². The molecule has 0 atom stereocenters. The maximum atomic E-state index is 12.9. The van der Waals surface area contributed by atoms with Gasteiger partial charge in [0.1, 0.15) is 11.6 Å². The van der Waals surface area contributed by atoms with Gasteiger partial charge in [-0.3, -0.25) is 4.79 Å². The smallest absolute Gasteiger partial charge is 0.253 e. The highest BCUT2D eigenvalue weighted by atomic mass is 19.1. The van der Waals surface area contributed by atoms with Crippen LogP contribution in [0.15, 0.2) is 42.6 Å². The predicted molar refractivity (Wildman–Crippen MR) is 83.2 cm³/mol. The SMILES string of the molecule is Nc1ccc(N2CCN(C(=O)c3ccc(F)cc3)CC2)nc1. The third-order valence-corrected chi connectivity index (χ3v) is 3.75. The molecule has 1 amide bonds. The maximum Gasteiger partial charge on any atom is 0.253 e. The highest BCUT2D eigenvalue weighted by molar-refractivity contribution is 5.94. The van der Waals surface area contributed by atoms with E-state index in [0.29, 0.717) is 37.4 Å². The van der Waals surface area contributed by atoms with Crippen LogP contribution in [0.2, 0.25) is 0 Å². The minimum Gasteiger partial charge on any atom is -0.397 e. The van der Waals surface area contributed by atoms with Crippen molar-refractivity contribution in [1.82, 2.24) is 9.88 Å². The minimum absolute atomic E-state index is 0.0649. The monoisotopic (exact) mass is 300 g/mol. The molecule has 0 bridgehead atoms. The van der Waals surface area contributed by atoms with Crippen LogP contribution >= 0.6 is 0 Å². The van der Waals surface area contributed by atoms with E-state index in [4.69, 9.17) is 5.73 Å². The zero-order valence-electron chi connectivity index (χ0n) is 12.1. The average molecular weight is 300 g/mol. The predicted octanol–water partition coefficient (Wildman–Crippen LogP) is 1.77. The molecular formula is C16H17FN4O. The molecule has 5 nitrogen and oxygen atoms in total. The summed E-state index contributed by atoms with van der Waals surface area (Å²) in [6, 6.07) is 9.35. The normalized spacial score (nSPS) is 15.0. The topological polar surface area (TPSA) is 62.5 Å². The maximum absolute atomic E-state index is 12.9. The summed E-state index contributed by atoms with van der Waals surface area (Å²) in [4.78, 5) is 20.5. The van der Waals surface area contributed by atoms with Gasteiger partial charge in [0, 0.05) is 31.7 Å². The quantitative estimate of drug-likeness (QED) is 0.918. The molecule has 0 saturated carbocycles. The number of benzene rings is 1. The average Bonchev–Trinajstić information content (AvgIpc) is 2.56. The number of anilines is 2. The number of halogens is 1. The van der Waals surface area contributed by atoms with E-state index in [1.807, 2.05) is 12.1 Å². The molecule has 1 saturated heterocycles. The molecule has 114 valence electrons. The van der Waals surface area contributed by atoms with E-state index in [0.717, 1.165) is 5.82 Å². The lowest BCUT2D eigenvalue weighted by Gasteiger charge is -2.35. The second-order valence-corrected chi connectivity index (χ2v) is 5.24. The third kappa shape index (κ3) is 3.00. The second-order valence-electron chi connectivity index (χ2n) is 5.24. The fourth-order valence-corrected chi connectivity index (χ4v) is 2.50. The molecule has 6 heteroatoms. The van der Waals surface area contributed by atoms with Crippen LogP contribution in [0.1, 0.15) is 10.4 Å². The number of nitrogens with two attached hydrogens (primary N) is 1.